The van der Waals surface area contributed by atoms with Gasteiger partial charge in [0.2, 0.25) is 0 Å². The minimum atomic E-state index is 0.417. The maximum atomic E-state index is 5.40. The fraction of sp³-hybridized carbons (Fsp3) is 0.625. The van der Waals surface area contributed by atoms with Gasteiger partial charge in [0.05, 0.1) is 7.11 Å². The monoisotopic (exact) mass is 247 g/mol. The maximum absolute atomic E-state index is 5.40. The van der Waals surface area contributed by atoms with E-state index in [9.17, 15) is 0 Å². The van der Waals surface area contributed by atoms with Crippen LogP contribution in [-0.2, 0) is 6.54 Å². The number of para-hydroxylation sites is 1. The summed E-state index contributed by atoms with van der Waals surface area (Å²) in [4.78, 5) is 0. The zero-order chi connectivity index (χ0) is 13.0. The summed E-state index contributed by atoms with van der Waals surface area (Å²) in [6.07, 6.45) is 5.35. The molecule has 2 nitrogen and oxygen atoms in total. The molecule has 0 bridgehead atoms. The number of benzene rings is 1. The minimum absolute atomic E-state index is 0.417. The fourth-order valence-electron chi connectivity index (χ4n) is 2.95. The molecule has 18 heavy (non-hydrogen) atoms. The molecule has 2 heteroatoms. The highest BCUT2D eigenvalue weighted by Crippen LogP contribution is 2.35. The van der Waals surface area contributed by atoms with Crippen molar-refractivity contribution in [2.45, 2.75) is 52.1 Å². The molecule has 1 saturated carbocycles. The topological polar surface area (TPSA) is 21.3 Å². The zero-order valence-electron chi connectivity index (χ0n) is 11.8. The van der Waals surface area contributed by atoms with Gasteiger partial charge in [-0.2, -0.15) is 0 Å². The molecule has 0 amide bonds. The lowest BCUT2D eigenvalue weighted by Gasteiger charge is -2.39. The summed E-state index contributed by atoms with van der Waals surface area (Å²) in [5, 5.41) is 3.72. The molecule has 0 radical (unpaired) electrons. The Kier molecular flexibility index (Phi) is 4.28. The summed E-state index contributed by atoms with van der Waals surface area (Å²) in [7, 11) is 1.74. The van der Waals surface area contributed by atoms with Crippen LogP contribution in [0.2, 0.25) is 0 Å². The molecule has 1 aromatic rings. The quantitative estimate of drug-likeness (QED) is 0.875. The molecule has 0 aromatic heterocycles. The van der Waals surface area contributed by atoms with E-state index in [1.165, 1.54) is 31.2 Å². The van der Waals surface area contributed by atoms with E-state index >= 15 is 0 Å². The average molecular weight is 247 g/mol. The molecule has 1 atom stereocenters. The molecule has 0 spiro atoms. The number of hydrogen-bond acceptors (Lipinski definition) is 2. The van der Waals surface area contributed by atoms with Gasteiger partial charge in [0.25, 0.3) is 0 Å². The molecule has 0 saturated heterocycles. The third-order valence-electron chi connectivity index (χ3n) is 4.24. The van der Waals surface area contributed by atoms with E-state index in [1.807, 2.05) is 12.1 Å². The minimum Gasteiger partial charge on any atom is -0.496 e. The molecule has 0 heterocycles. The fourth-order valence-corrected chi connectivity index (χ4v) is 2.95. The average Bonchev–Trinajstić information content (AvgIpc) is 2.37. The van der Waals surface area contributed by atoms with Gasteiger partial charge in [-0.25, -0.2) is 0 Å². The first-order valence-electron chi connectivity index (χ1n) is 6.99. The maximum Gasteiger partial charge on any atom is 0.123 e. The van der Waals surface area contributed by atoms with Crippen LogP contribution < -0.4 is 10.1 Å². The SMILES string of the molecule is COc1ccccc1CNC1CCCCC1(C)C. The van der Waals surface area contributed by atoms with Crippen LogP contribution in [0, 0.1) is 5.41 Å². The van der Waals surface area contributed by atoms with Crippen molar-refractivity contribution >= 4 is 0 Å². The molecular weight excluding hydrogens is 222 g/mol. The smallest absolute Gasteiger partial charge is 0.123 e. The van der Waals surface area contributed by atoms with Gasteiger partial charge in [-0.15, -0.1) is 0 Å². The van der Waals surface area contributed by atoms with E-state index in [0.29, 0.717) is 11.5 Å². The van der Waals surface area contributed by atoms with E-state index in [1.54, 1.807) is 7.11 Å². The van der Waals surface area contributed by atoms with Gasteiger partial charge in [-0.1, -0.05) is 44.9 Å². The summed E-state index contributed by atoms with van der Waals surface area (Å²) >= 11 is 0. The van der Waals surface area contributed by atoms with Gasteiger partial charge in [-0.3, -0.25) is 0 Å². The van der Waals surface area contributed by atoms with E-state index in [4.69, 9.17) is 4.74 Å². The highest BCUT2D eigenvalue weighted by Gasteiger charge is 2.31. The van der Waals surface area contributed by atoms with Crippen LogP contribution >= 0.6 is 0 Å². The molecule has 1 fully saturated rings. The first kappa shape index (κ1) is 13.4. The van der Waals surface area contributed by atoms with Gasteiger partial charge < -0.3 is 10.1 Å². The Bertz CT molecular complexity index is 386. The highest BCUT2D eigenvalue weighted by atomic mass is 16.5. The summed E-state index contributed by atoms with van der Waals surface area (Å²) in [5.74, 6) is 0.985. The molecule has 1 aliphatic carbocycles. The van der Waals surface area contributed by atoms with Crippen molar-refractivity contribution in [1.82, 2.24) is 5.32 Å². The molecule has 1 aromatic carbocycles. The molecule has 2 rings (SSSR count). The number of rotatable bonds is 4. The van der Waals surface area contributed by atoms with Crippen LogP contribution in [-0.4, -0.2) is 13.2 Å². The zero-order valence-corrected chi connectivity index (χ0v) is 11.8. The van der Waals surface area contributed by atoms with Crippen molar-refractivity contribution in [3.05, 3.63) is 29.8 Å². The van der Waals surface area contributed by atoms with Crippen molar-refractivity contribution in [3.63, 3.8) is 0 Å². The van der Waals surface area contributed by atoms with Crippen molar-refractivity contribution in [1.29, 1.82) is 0 Å². The first-order valence-corrected chi connectivity index (χ1v) is 6.99. The van der Waals surface area contributed by atoms with Crippen LogP contribution in [0.15, 0.2) is 24.3 Å². The lowest BCUT2D eigenvalue weighted by molar-refractivity contribution is 0.166. The number of ether oxygens (including phenoxy) is 1. The third-order valence-corrected chi connectivity index (χ3v) is 4.24. The number of hydrogen-bond donors (Lipinski definition) is 1. The first-order chi connectivity index (χ1) is 8.63. The predicted molar refractivity (Wildman–Crippen MR) is 75.9 cm³/mol. The van der Waals surface area contributed by atoms with Crippen molar-refractivity contribution < 1.29 is 4.74 Å². The Labute approximate surface area is 111 Å². The standard InChI is InChI=1S/C16H25NO/c1-16(2)11-7-6-10-15(16)17-12-13-8-4-5-9-14(13)18-3/h4-5,8-9,15,17H,6-7,10-12H2,1-3H3. The van der Waals surface area contributed by atoms with Crippen molar-refractivity contribution in [2.75, 3.05) is 7.11 Å². The van der Waals surface area contributed by atoms with E-state index in [-0.39, 0.29) is 0 Å². The molecule has 1 aliphatic rings. The summed E-state index contributed by atoms with van der Waals surface area (Å²) < 4.78 is 5.40. The van der Waals surface area contributed by atoms with Crippen LogP contribution in [0.1, 0.15) is 45.1 Å². The predicted octanol–water partition coefficient (Wildman–Crippen LogP) is 3.75. The van der Waals surface area contributed by atoms with Crippen molar-refractivity contribution in [2.24, 2.45) is 5.41 Å². The molecule has 100 valence electrons. The summed E-state index contributed by atoms with van der Waals surface area (Å²) in [5.41, 5.74) is 1.67. The normalized spacial score (nSPS) is 22.7. The lowest BCUT2D eigenvalue weighted by Crippen LogP contribution is -2.43. The van der Waals surface area contributed by atoms with Gasteiger partial charge in [0.15, 0.2) is 0 Å². The van der Waals surface area contributed by atoms with E-state index in [2.05, 4.69) is 31.3 Å². The second kappa shape index (κ2) is 5.75. The Balaban J connectivity index is 1.98. The number of nitrogens with one attached hydrogen (secondary N) is 1. The van der Waals surface area contributed by atoms with Crippen LogP contribution in [0.3, 0.4) is 0 Å². The van der Waals surface area contributed by atoms with Gasteiger partial charge in [0, 0.05) is 18.2 Å². The Hall–Kier alpha value is -1.02. The van der Waals surface area contributed by atoms with E-state index in [0.717, 1.165) is 12.3 Å². The highest BCUT2D eigenvalue weighted by molar-refractivity contribution is 5.33. The van der Waals surface area contributed by atoms with Crippen LogP contribution in [0.5, 0.6) is 5.75 Å². The molecular formula is C16H25NO. The molecule has 1 N–H and O–H groups in total. The summed E-state index contributed by atoms with van der Waals surface area (Å²) in [6.45, 7) is 5.66. The van der Waals surface area contributed by atoms with Crippen LogP contribution in [0.25, 0.3) is 0 Å². The van der Waals surface area contributed by atoms with Gasteiger partial charge >= 0.3 is 0 Å². The van der Waals surface area contributed by atoms with Gasteiger partial charge in [0.1, 0.15) is 5.75 Å². The van der Waals surface area contributed by atoms with Crippen LogP contribution in [0.4, 0.5) is 0 Å². The second-order valence-corrected chi connectivity index (χ2v) is 5.98. The lowest BCUT2D eigenvalue weighted by atomic mass is 9.73. The Morgan fingerprint density at radius 3 is 2.78 bits per heavy atom. The largest absolute Gasteiger partial charge is 0.496 e. The van der Waals surface area contributed by atoms with Gasteiger partial charge in [-0.05, 0) is 24.3 Å². The Morgan fingerprint density at radius 1 is 1.28 bits per heavy atom. The summed E-state index contributed by atoms with van der Waals surface area (Å²) in [6, 6.07) is 8.89. The Morgan fingerprint density at radius 2 is 2.06 bits per heavy atom. The third kappa shape index (κ3) is 3.05. The molecule has 1 unspecified atom stereocenters. The van der Waals surface area contributed by atoms with E-state index < -0.39 is 0 Å². The van der Waals surface area contributed by atoms with Crippen molar-refractivity contribution in [3.8, 4) is 5.75 Å². The number of methoxy groups -OCH3 is 1. The second-order valence-electron chi connectivity index (χ2n) is 5.98. The molecule has 0 aliphatic heterocycles.